The van der Waals surface area contributed by atoms with Crippen molar-refractivity contribution in [1.82, 2.24) is 10.2 Å². The van der Waals surface area contributed by atoms with Crippen LogP contribution in [0.15, 0.2) is 30.3 Å². The summed E-state index contributed by atoms with van der Waals surface area (Å²) < 4.78 is 0. The minimum Gasteiger partial charge on any atom is -0.337 e. The molecule has 0 unspecified atom stereocenters. The molecule has 3 nitrogen and oxygen atoms in total. The highest BCUT2D eigenvalue weighted by Gasteiger charge is 2.14. The van der Waals surface area contributed by atoms with Crippen molar-refractivity contribution in [2.24, 2.45) is 0 Å². The largest absolute Gasteiger partial charge is 0.337 e. The van der Waals surface area contributed by atoms with Crippen molar-refractivity contribution in [3.05, 3.63) is 40.9 Å². The van der Waals surface area contributed by atoms with Crippen LogP contribution < -0.4 is 5.32 Å². The maximum atomic E-state index is 12.1. The summed E-state index contributed by atoms with van der Waals surface area (Å²) in [4.78, 5) is 13.9. The molecule has 0 radical (unpaired) electrons. The molecule has 0 spiro atoms. The Kier molecular flexibility index (Phi) is 4.39. The topological polar surface area (TPSA) is 32.3 Å². The van der Waals surface area contributed by atoms with Crippen LogP contribution in [0.2, 0.25) is 5.02 Å². The molecule has 0 aromatic heterocycles. The summed E-state index contributed by atoms with van der Waals surface area (Å²) >= 11 is 6.11. The highest BCUT2D eigenvalue weighted by atomic mass is 35.5. The van der Waals surface area contributed by atoms with Crippen LogP contribution in [0.25, 0.3) is 5.57 Å². The molecule has 18 heavy (non-hydrogen) atoms. The van der Waals surface area contributed by atoms with E-state index in [1.54, 1.807) is 6.08 Å². The molecule has 1 amide bonds. The highest BCUT2D eigenvalue weighted by molar-refractivity contribution is 6.32. The lowest BCUT2D eigenvalue weighted by Crippen LogP contribution is -2.45. The number of rotatable bonds is 2. The number of hydrogen-bond donors (Lipinski definition) is 1. The Morgan fingerprint density at radius 2 is 2.00 bits per heavy atom. The number of benzene rings is 1. The summed E-state index contributed by atoms with van der Waals surface area (Å²) in [5.74, 6) is 0.0638. The van der Waals surface area contributed by atoms with Gasteiger partial charge in [-0.15, -0.1) is 0 Å². The summed E-state index contributed by atoms with van der Waals surface area (Å²) in [6.07, 6.45) is 1.67. The van der Waals surface area contributed by atoms with Crippen molar-refractivity contribution in [3.63, 3.8) is 0 Å². The van der Waals surface area contributed by atoms with Crippen molar-refractivity contribution in [2.45, 2.75) is 6.92 Å². The zero-order chi connectivity index (χ0) is 13.0. The SMILES string of the molecule is CC(=CC(=O)N1CCNCC1)c1ccccc1Cl. The Hall–Kier alpha value is -1.32. The molecule has 0 aliphatic carbocycles. The van der Waals surface area contributed by atoms with Gasteiger partial charge in [-0.2, -0.15) is 0 Å². The second-order valence-electron chi connectivity index (χ2n) is 4.38. The molecule has 1 aromatic rings. The average molecular weight is 265 g/mol. The molecular formula is C14H17ClN2O. The average Bonchev–Trinajstić information content (AvgIpc) is 2.40. The third-order valence-corrected chi connectivity index (χ3v) is 3.40. The number of amides is 1. The van der Waals surface area contributed by atoms with E-state index in [1.807, 2.05) is 36.1 Å². The molecular weight excluding hydrogens is 248 g/mol. The zero-order valence-corrected chi connectivity index (χ0v) is 11.2. The Balaban J connectivity index is 2.12. The second kappa shape index (κ2) is 6.03. The molecule has 2 rings (SSSR count). The number of carbonyl (C=O) groups excluding carboxylic acids is 1. The first kappa shape index (κ1) is 13.1. The molecule has 4 heteroatoms. The van der Waals surface area contributed by atoms with E-state index in [0.29, 0.717) is 5.02 Å². The van der Waals surface area contributed by atoms with E-state index in [4.69, 9.17) is 11.6 Å². The van der Waals surface area contributed by atoms with E-state index in [9.17, 15) is 4.79 Å². The van der Waals surface area contributed by atoms with Crippen LogP contribution in [-0.4, -0.2) is 37.0 Å². The van der Waals surface area contributed by atoms with Gasteiger partial charge in [0.1, 0.15) is 0 Å². The normalized spacial score (nSPS) is 16.8. The minimum absolute atomic E-state index is 0.0638. The fourth-order valence-electron chi connectivity index (χ4n) is 2.02. The lowest BCUT2D eigenvalue weighted by atomic mass is 10.1. The predicted octanol–water partition coefficient (Wildman–Crippen LogP) is 2.18. The Bertz CT molecular complexity index is 465. The summed E-state index contributed by atoms with van der Waals surface area (Å²) in [5.41, 5.74) is 1.83. The minimum atomic E-state index is 0.0638. The lowest BCUT2D eigenvalue weighted by Gasteiger charge is -2.26. The maximum absolute atomic E-state index is 12.1. The molecule has 1 aromatic carbocycles. The molecule has 1 fully saturated rings. The van der Waals surface area contributed by atoms with E-state index < -0.39 is 0 Å². The van der Waals surface area contributed by atoms with Gasteiger partial charge in [-0.1, -0.05) is 29.8 Å². The number of halogens is 1. The number of piperazine rings is 1. The van der Waals surface area contributed by atoms with Gasteiger partial charge < -0.3 is 10.2 Å². The van der Waals surface area contributed by atoms with E-state index >= 15 is 0 Å². The van der Waals surface area contributed by atoms with Crippen LogP contribution in [-0.2, 0) is 4.79 Å². The van der Waals surface area contributed by atoms with Gasteiger partial charge in [0.15, 0.2) is 0 Å². The van der Waals surface area contributed by atoms with Crippen LogP contribution in [0.5, 0.6) is 0 Å². The van der Waals surface area contributed by atoms with E-state index in [0.717, 1.165) is 37.3 Å². The Labute approximate surface area is 112 Å². The third-order valence-electron chi connectivity index (χ3n) is 3.07. The number of allylic oxidation sites excluding steroid dienone is 1. The van der Waals surface area contributed by atoms with Crippen LogP contribution in [0.4, 0.5) is 0 Å². The van der Waals surface area contributed by atoms with Gasteiger partial charge in [-0.25, -0.2) is 0 Å². The van der Waals surface area contributed by atoms with Gasteiger partial charge in [-0.3, -0.25) is 4.79 Å². The fourth-order valence-corrected chi connectivity index (χ4v) is 2.31. The van der Waals surface area contributed by atoms with Crippen molar-refractivity contribution in [1.29, 1.82) is 0 Å². The molecule has 0 atom stereocenters. The Morgan fingerprint density at radius 3 is 2.67 bits per heavy atom. The number of nitrogens with zero attached hydrogens (tertiary/aromatic N) is 1. The maximum Gasteiger partial charge on any atom is 0.246 e. The molecule has 1 aliphatic heterocycles. The molecule has 96 valence electrons. The molecule has 1 heterocycles. The first-order valence-corrected chi connectivity index (χ1v) is 6.49. The first-order valence-electron chi connectivity index (χ1n) is 6.11. The smallest absolute Gasteiger partial charge is 0.246 e. The van der Waals surface area contributed by atoms with Crippen molar-refractivity contribution >= 4 is 23.1 Å². The van der Waals surface area contributed by atoms with Crippen molar-refractivity contribution in [3.8, 4) is 0 Å². The van der Waals surface area contributed by atoms with Gasteiger partial charge in [-0.05, 0) is 24.1 Å². The van der Waals surface area contributed by atoms with Gasteiger partial charge in [0, 0.05) is 37.3 Å². The summed E-state index contributed by atoms with van der Waals surface area (Å²) in [6, 6.07) is 7.58. The third kappa shape index (κ3) is 3.12. The van der Waals surface area contributed by atoms with Gasteiger partial charge in [0.25, 0.3) is 0 Å². The molecule has 0 bridgehead atoms. The second-order valence-corrected chi connectivity index (χ2v) is 4.79. The van der Waals surface area contributed by atoms with Gasteiger partial charge in [0.2, 0.25) is 5.91 Å². The zero-order valence-electron chi connectivity index (χ0n) is 10.4. The summed E-state index contributed by atoms with van der Waals surface area (Å²) in [6.45, 7) is 5.19. The fraction of sp³-hybridized carbons (Fsp3) is 0.357. The van der Waals surface area contributed by atoms with E-state index in [2.05, 4.69) is 5.32 Å². The Morgan fingerprint density at radius 1 is 1.33 bits per heavy atom. The van der Waals surface area contributed by atoms with Gasteiger partial charge in [0.05, 0.1) is 0 Å². The first-order chi connectivity index (χ1) is 8.68. The highest BCUT2D eigenvalue weighted by Crippen LogP contribution is 2.23. The number of carbonyl (C=O) groups is 1. The monoisotopic (exact) mass is 264 g/mol. The van der Waals surface area contributed by atoms with Crippen molar-refractivity contribution < 1.29 is 4.79 Å². The number of hydrogen-bond acceptors (Lipinski definition) is 2. The van der Waals surface area contributed by atoms with Crippen LogP contribution >= 0.6 is 11.6 Å². The van der Waals surface area contributed by atoms with Crippen LogP contribution in [0.3, 0.4) is 0 Å². The number of nitrogens with one attached hydrogen (secondary N) is 1. The van der Waals surface area contributed by atoms with Gasteiger partial charge >= 0.3 is 0 Å². The molecule has 0 saturated carbocycles. The predicted molar refractivity (Wildman–Crippen MR) is 74.6 cm³/mol. The van der Waals surface area contributed by atoms with Crippen molar-refractivity contribution in [2.75, 3.05) is 26.2 Å². The standard InChI is InChI=1S/C14H17ClN2O/c1-11(12-4-2-3-5-13(12)15)10-14(18)17-8-6-16-7-9-17/h2-5,10,16H,6-9H2,1H3. The van der Waals surface area contributed by atoms with Crippen LogP contribution in [0.1, 0.15) is 12.5 Å². The molecule has 1 aliphatic rings. The summed E-state index contributed by atoms with van der Waals surface area (Å²) in [7, 11) is 0. The molecule has 1 N–H and O–H groups in total. The summed E-state index contributed by atoms with van der Waals surface area (Å²) in [5, 5.41) is 3.91. The van der Waals surface area contributed by atoms with E-state index in [1.165, 1.54) is 0 Å². The quantitative estimate of drug-likeness (QED) is 0.831. The lowest BCUT2D eigenvalue weighted by molar-refractivity contribution is -0.126. The molecule has 1 saturated heterocycles. The van der Waals surface area contributed by atoms with E-state index in [-0.39, 0.29) is 5.91 Å². The van der Waals surface area contributed by atoms with Crippen LogP contribution in [0, 0.1) is 0 Å².